The average molecular weight is 407 g/mol. The molecule has 3 N–H and O–H groups in total. The van der Waals surface area contributed by atoms with Crippen LogP contribution in [0, 0.1) is 0 Å². The maximum atomic E-state index is 4.89. The van der Waals surface area contributed by atoms with Gasteiger partial charge < -0.3 is 9.97 Å². The first-order valence-corrected chi connectivity index (χ1v) is 10.3. The van der Waals surface area contributed by atoms with Gasteiger partial charge in [0.05, 0.1) is 22.1 Å². The van der Waals surface area contributed by atoms with Crippen molar-refractivity contribution >= 4 is 75.8 Å². The number of nitrogens with one attached hydrogen (secondary N) is 3. The lowest BCUT2D eigenvalue weighted by Crippen LogP contribution is -1.77. The Morgan fingerprint density at radius 2 is 1.80 bits per heavy atom. The zero-order chi connectivity index (χ0) is 19.7. The Bertz CT molecular complexity index is 1820. The van der Waals surface area contributed by atoms with E-state index in [-0.39, 0.29) is 0 Å². The molecule has 0 aliphatic carbocycles. The molecular formula is C22H13N7S. The fourth-order valence-corrected chi connectivity index (χ4v) is 4.91. The summed E-state index contributed by atoms with van der Waals surface area (Å²) in [6, 6.07) is 14.5. The number of H-pyrrole nitrogens is 3. The molecule has 6 aromatic heterocycles. The molecule has 0 aliphatic rings. The van der Waals surface area contributed by atoms with Gasteiger partial charge in [-0.2, -0.15) is 5.10 Å². The highest BCUT2D eigenvalue weighted by Gasteiger charge is 2.10. The molecule has 7 aromatic rings. The highest BCUT2D eigenvalue weighted by Crippen LogP contribution is 2.29. The minimum atomic E-state index is 0.699. The van der Waals surface area contributed by atoms with Crippen LogP contribution in [0.3, 0.4) is 0 Å². The number of aromatic nitrogens is 7. The number of hydrogen-bond acceptors (Lipinski definition) is 5. The van der Waals surface area contributed by atoms with Gasteiger partial charge in [0.1, 0.15) is 11.0 Å². The second kappa shape index (κ2) is 5.74. The van der Waals surface area contributed by atoms with E-state index in [2.05, 4.69) is 60.5 Å². The van der Waals surface area contributed by atoms with E-state index < -0.39 is 0 Å². The van der Waals surface area contributed by atoms with E-state index >= 15 is 0 Å². The normalized spacial score (nSPS) is 12.0. The molecule has 1 aromatic carbocycles. The molecule has 7 nitrogen and oxygen atoms in total. The molecule has 0 radical (unpaired) electrons. The lowest BCUT2D eigenvalue weighted by molar-refractivity contribution is 1.15. The van der Waals surface area contributed by atoms with Crippen LogP contribution in [-0.4, -0.2) is 35.1 Å². The molecule has 8 bridgehead atoms. The van der Waals surface area contributed by atoms with Gasteiger partial charge in [0.2, 0.25) is 0 Å². The maximum Gasteiger partial charge on any atom is 0.160 e. The predicted molar refractivity (Wildman–Crippen MR) is 121 cm³/mol. The number of pyridine rings is 2. The van der Waals surface area contributed by atoms with Crippen LogP contribution in [0.1, 0.15) is 0 Å². The smallest absolute Gasteiger partial charge is 0.160 e. The summed E-state index contributed by atoms with van der Waals surface area (Å²) in [5, 5.41) is 11.8. The molecule has 0 unspecified atom stereocenters. The lowest BCUT2D eigenvalue weighted by Gasteiger charge is -1.96. The van der Waals surface area contributed by atoms with E-state index in [0.717, 1.165) is 58.8 Å². The number of fused-ring (bicyclic) bond motifs is 9. The van der Waals surface area contributed by atoms with Crippen molar-refractivity contribution in [3.05, 3.63) is 61.1 Å². The van der Waals surface area contributed by atoms with E-state index in [9.17, 15) is 0 Å². The number of benzene rings is 1. The van der Waals surface area contributed by atoms with E-state index in [1.165, 1.54) is 0 Å². The van der Waals surface area contributed by atoms with Gasteiger partial charge in [-0.25, -0.2) is 9.97 Å². The molecule has 0 saturated heterocycles. The van der Waals surface area contributed by atoms with Crippen molar-refractivity contribution in [2.45, 2.75) is 0 Å². The number of hydrogen-bond donors (Lipinski definition) is 3. The van der Waals surface area contributed by atoms with Gasteiger partial charge in [-0.05, 0) is 41.8 Å². The molecule has 8 heteroatoms. The van der Waals surface area contributed by atoms with Gasteiger partial charge in [-0.15, -0.1) is 11.3 Å². The molecule has 0 amide bonds. The third-order valence-electron chi connectivity index (χ3n) is 5.38. The van der Waals surface area contributed by atoms with Crippen LogP contribution in [-0.2, 0) is 0 Å². The summed E-state index contributed by atoms with van der Waals surface area (Å²) in [7, 11) is 0. The summed E-state index contributed by atoms with van der Waals surface area (Å²) in [6.45, 7) is 0. The largest absolute Gasteiger partial charge is 0.346 e. The first kappa shape index (κ1) is 15.8. The van der Waals surface area contributed by atoms with E-state index in [1.807, 2.05) is 30.7 Å². The highest BCUT2D eigenvalue weighted by molar-refractivity contribution is 7.23. The predicted octanol–water partition coefficient (Wildman–Crippen LogP) is 5.36. The Morgan fingerprint density at radius 3 is 2.80 bits per heavy atom. The number of aromatic amines is 3. The molecule has 0 fully saturated rings. The Kier molecular flexibility index (Phi) is 3.03. The number of thiophene rings is 1. The van der Waals surface area contributed by atoms with Crippen molar-refractivity contribution in [3.8, 4) is 0 Å². The Balaban J connectivity index is 1.80. The number of nitrogens with zero attached hydrogens (tertiary/aromatic N) is 4. The molecule has 142 valence electrons. The summed E-state index contributed by atoms with van der Waals surface area (Å²) in [5.74, 6) is 0. The SMILES string of the molecule is c1cc2c3ccc([nH]c4cncc(c4)c4ccc5[nH]nc(c6nc2c(n1)[nH]6)c5c4)s3. The maximum absolute atomic E-state index is 4.89. The molecule has 0 atom stereocenters. The van der Waals surface area contributed by atoms with E-state index in [1.54, 1.807) is 11.3 Å². The number of imidazole rings is 1. The molecule has 7 rings (SSSR count). The zero-order valence-electron chi connectivity index (χ0n) is 15.5. The summed E-state index contributed by atoms with van der Waals surface area (Å²) in [6.07, 6.45) is 5.53. The lowest BCUT2D eigenvalue weighted by atomic mass is 10.1. The van der Waals surface area contributed by atoms with Crippen LogP contribution in [0.5, 0.6) is 0 Å². The van der Waals surface area contributed by atoms with Crippen molar-refractivity contribution in [3.63, 3.8) is 0 Å². The molecule has 0 aliphatic heterocycles. The van der Waals surface area contributed by atoms with Crippen LogP contribution in [0.2, 0.25) is 0 Å². The fraction of sp³-hybridized carbons (Fsp3) is 0. The fourth-order valence-electron chi connectivity index (χ4n) is 3.95. The van der Waals surface area contributed by atoms with Gasteiger partial charge in [0.15, 0.2) is 11.3 Å². The first-order chi connectivity index (χ1) is 14.8. The summed E-state index contributed by atoms with van der Waals surface area (Å²) >= 11 is 1.67. The second-order valence-corrected chi connectivity index (χ2v) is 8.31. The zero-order valence-corrected chi connectivity index (χ0v) is 16.3. The third-order valence-corrected chi connectivity index (χ3v) is 6.42. The minimum Gasteiger partial charge on any atom is -0.346 e. The quantitative estimate of drug-likeness (QED) is 0.315. The van der Waals surface area contributed by atoms with Crippen molar-refractivity contribution in [1.82, 2.24) is 35.1 Å². The van der Waals surface area contributed by atoms with Gasteiger partial charge in [0.25, 0.3) is 0 Å². The first-order valence-electron chi connectivity index (χ1n) is 9.48. The molecule has 0 spiro atoms. The van der Waals surface area contributed by atoms with Crippen molar-refractivity contribution < 1.29 is 0 Å². The summed E-state index contributed by atoms with van der Waals surface area (Å²) in [4.78, 5) is 21.7. The van der Waals surface area contributed by atoms with E-state index in [0.29, 0.717) is 5.65 Å². The topological polar surface area (TPSA) is 98.9 Å². The molecule has 30 heavy (non-hydrogen) atoms. The molecular weight excluding hydrogens is 394 g/mol. The van der Waals surface area contributed by atoms with Gasteiger partial charge >= 0.3 is 0 Å². The minimum absolute atomic E-state index is 0.699. The van der Waals surface area contributed by atoms with Gasteiger partial charge in [-0.3, -0.25) is 10.1 Å². The Hall–Kier alpha value is -4.04. The summed E-state index contributed by atoms with van der Waals surface area (Å²) < 4.78 is 1.12. The summed E-state index contributed by atoms with van der Waals surface area (Å²) in [5.41, 5.74) is 4.97. The van der Waals surface area contributed by atoms with Crippen molar-refractivity contribution in [1.29, 1.82) is 0 Å². The van der Waals surface area contributed by atoms with Crippen LogP contribution in [0.4, 0.5) is 0 Å². The van der Waals surface area contributed by atoms with E-state index in [4.69, 9.17) is 4.98 Å². The van der Waals surface area contributed by atoms with Crippen LogP contribution < -0.4 is 0 Å². The third kappa shape index (κ3) is 2.25. The van der Waals surface area contributed by atoms with Crippen molar-refractivity contribution in [2.24, 2.45) is 0 Å². The van der Waals surface area contributed by atoms with Gasteiger partial charge in [0, 0.05) is 33.3 Å². The van der Waals surface area contributed by atoms with Crippen LogP contribution >= 0.6 is 11.3 Å². The van der Waals surface area contributed by atoms with Crippen LogP contribution in [0.25, 0.3) is 64.4 Å². The Morgan fingerprint density at radius 1 is 0.800 bits per heavy atom. The van der Waals surface area contributed by atoms with Crippen molar-refractivity contribution in [2.75, 3.05) is 0 Å². The highest BCUT2D eigenvalue weighted by atomic mass is 32.1. The molecule has 0 saturated carbocycles. The van der Waals surface area contributed by atoms with Gasteiger partial charge in [-0.1, -0.05) is 6.07 Å². The van der Waals surface area contributed by atoms with Crippen LogP contribution in [0.15, 0.2) is 61.1 Å². The molecule has 6 heterocycles. The Labute approximate surface area is 172 Å². The monoisotopic (exact) mass is 407 g/mol. The standard InChI is InChI=1S/C22H13N7S/c1-2-16-15-8-11(1)12-7-13(10-23-9-12)25-18-4-3-17(30-18)14-5-6-24-21-19(14)26-22(27-21)20(15)29-28-16/h1-10,25H,(H,28,29)(H,24,26,27). The number of rotatable bonds is 0. The average Bonchev–Trinajstić information content (AvgIpc) is 3.50. The second-order valence-electron chi connectivity index (χ2n) is 7.22.